The zero-order valence-electron chi connectivity index (χ0n) is 16.0. The number of aryl methyl sites for hydroxylation is 3. The van der Waals surface area contributed by atoms with Gasteiger partial charge in [-0.2, -0.15) is 0 Å². The van der Waals surface area contributed by atoms with Crippen molar-refractivity contribution in [3.05, 3.63) is 34.9 Å². The molecule has 0 saturated heterocycles. The van der Waals surface area contributed by atoms with Gasteiger partial charge in [-0.3, -0.25) is 0 Å². The third kappa shape index (κ3) is 5.32. The fourth-order valence-corrected chi connectivity index (χ4v) is 9.07. The van der Waals surface area contributed by atoms with Crippen molar-refractivity contribution >= 4 is 7.92 Å². The van der Waals surface area contributed by atoms with Gasteiger partial charge in [-0.25, -0.2) is 0 Å². The molecule has 2 saturated carbocycles. The maximum absolute atomic E-state index is 2.41. The van der Waals surface area contributed by atoms with Crippen molar-refractivity contribution in [3.8, 4) is 0 Å². The molecule has 24 heavy (non-hydrogen) atoms. The molecule has 1 heteroatoms. The van der Waals surface area contributed by atoms with Crippen LogP contribution >= 0.6 is 7.92 Å². The van der Waals surface area contributed by atoms with Crippen LogP contribution in [-0.4, -0.2) is 17.5 Å². The second kappa shape index (κ2) is 9.38. The van der Waals surface area contributed by atoms with E-state index in [1.54, 1.807) is 37.4 Å². The molecule has 0 nitrogen and oxygen atoms in total. The molecule has 0 radical (unpaired) electrons. The van der Waals surface area contributed by atoms with E-state index in [1.807, 2.05) is 0 Å². The highest BCUT2D eigenvalue weighted by atomic mass is 31.1. The Morgan fingerprint density at radius 1 is 0.750 bits per heavy atom. The van der Waals surface area contributed by atoms with Gasteiger partial charge in [0, 0.05) is 0 Å². The van der Waals surface area contributed by atoms with E-state index in [9.17, 15) is 0 Å². The lowest BCUT2D eigenvalue weighted by Gasteiger charge is -2.38. The number of benzene rings is 1. The van der Waals surface area contributed by atoms with Crippen molar-refractivity contribution in [1.82, 2.24) is 0 Å². The van der Waals surface area contributed by atoms with Crippen molar-refractivity contribution in [3.63, 3.8) is 0 Å². The highest BCUT2D eigenvalue weighted by Crippen LogP contribution is 2.56. The highest BCUT2D eigenvalue weighted by molar-refractivity contribution is 7.59. The van der Waals surface area contributed by atoms with Gasteiger partial charge in [0.1, 0.15) is 0 Å². The third-order valence-electron chi connectivity index (χ3n) is 6.25. The molecule has 1 aromatic carbocycles. The summed E-state index contributed by atoms with van der Waals surface area (Å²) in [7, 11) is 0.291. The lowest BCUT2D eigenvalue weighted by molar-refractivity contribution is 0.483. The summed E-state index contributed by atoms with van der Waals surface area (Å²) < 4.78 is 0. The van der Waals surface area contributed by atoms with Gasteiger partial charge >= 0.3 is 0 Å². The molecule has 134 valence electrons. The van der Waals surface area contributed by atoms with E-state index in [1.165, 1.54) is 62.5 Å². The van der Waals surface area contributed by atoms with Crippen LogP contribution in [-0.2, 0) is 6.42 Å². The summed E-state index contributed by atoms with van der Waals surface area (Å²) in [5, 5.41) is 0. The average Bonchev–Trinajstić information content (AvgIpc) is 2.59. The number of hydrogen-bond acceptors (Lipinski definition) is 0. The van der Waals surface area contributed by atoms with Crippen LogP contribution in [0.15, 0.2) is 18.2 Å². The SMILES string of the molecule is Cc1cc(C)cc(CCCP(C2CCCCC2)C2CCCCC2)c1. The molecule has 0 bridgehead atoms. The van der Waals surface area contributed by atoms with Gasteiger partial charge in [-0.1, -0.05) is 67.9 Å². The Morgan fingerprint density at radius 3 is 1.75 bits per heavy atom. The maximum atomic E-state index is 2.41. The molecule has 2 fully saturated rings. The van der Waals surface area contributed by atoms with Crippen molar-refractivity contribution in [2.75, 3.05) is 6.16 Å². The van der Waals surface area contributed by atoms with E-state index in [4.69, 9.17) is 0 Å². The van der Waals surface area contributed by atoms with Crippen LogP contribution < -0.4 is 0 Å². The van der Waals surface area contributed by atoms with Crippen molar-refractivity contribution in [2.45, 2.75) is 102 Å². The zero-order chi connectivity index (χ0) is 16.8. The molecule has 0 heterocycles. The van der Waals surface area contributed by atoms with Crippen molar-refractivity contribution < 1.29 is 0 Å². The topological polar surface area (TPSA) is 0 Å². The molecule has 0 aliphatic heterocycles. The predicted molar refractivity (Wildman–Crippen MR) is 110 cm³/mol. The third-order valence-corrected chi connectivity index (χ3v) is 9.99. The largest absolute Gasteiger partial charge is 0.100 e. The smallest absolute Gasteiger partial charge is 0.0207 e. The molecule has 0 amide bonds. The molecule has 0 aromatic heterocycles. The van der Waals surface area contributed by atoms with Crippen LogP contribution in [0.25, 0.3) is 0 Å². The van der Waals surface area contributed by atoms with E-state index in [2.05, 4.69) is 32.0 Å². The Bertz CT molecular complexity index is 457. The summed E-state index contributed by atoms with van der Waals surface area (Å²) in [6.45, 7) is 4.49. The fourth-order valence-electron chi connectivity index (χ4n) is 5.17. The van der Waals surface area contributed by atoms with Gasteiger partial charge in [0.05, 0.1) is 0 Å². The lowest BCUT2D eigenvalue weighted by Crippen LogP contribution is -2.22. The molecular formula is C23H37P. The highest BCUT2D eigenvalue weighted by Gasteiger charge is 2.30. The predicted octanol–water partition coefficient (Wildman–Crippen LogP) is 7.38. The Balaban J connectivity index is 1.58. The molecule has 0 unspecified atom stereocenters. The Kier molecular flexibility index (Phi) is 7.20. The minimum absolute atomic E-state index is 0.291. The second-order valence-electron chi connectivity index (χ2n) is 8.42. The normalized spacial score (nSPS) is 20.6. The summed E-state index contributed by atoms with van der Waals surface area (Å²) in [4.78, 5) is 0. The van der Waals surface area contributed by atoms with Crippen LogP contribution in [0.4, 0.5) is 0 Å². The van der Waals surface area contributed by atoms with Gasteiger partial charge in [0.2, 0.25) is 0 Å². The summed E-state index contributed by atoms with van der Waals surface area (Å²) in [6.07, 6.45) is 19.6. The molecule has 2 aliphatic carbocycles. The summed E-state index contributed by atoms with van der Waals surface area (Å²) >= 11 is 0. The molecule has 0 spiro atoms. The van der Waals surface area contributed by atoms with Crippen LogP contribution in [0.5, 0.6) is 0 Å². The minimum atomic E-state index is 0.291. The first-order chi connectivity index (χ1) is 11.7. The van der Waals surface area contributed by atoms with Gasteiger partial charge in [0.15, 0.2) is 0 Å². The molecular weight excluding hydrogens is 307 g/mol. The van der Waals surface area contributed by atoms with Gasteiger partial charge in [-0.15, -0.1) is 7.92 Å². The number of hydrogen-bond donors (Lipinski definition) is 0. The first kappa shape index (κ1) is 18.4. The first-order valence-electron chi connectivity index (χ1n) is 10.6. The second-order valence-corrected chi connectivity index (χ2v) is 11.4. The van der Waals surface area contributed by atoms with E-state index in [-0.39, 0.29) is 0 Å². The molecule has 1 aromatic rings. The summed E-state index contributed by atoms with van der Waals surface area (Å²) in [5.74, 6) is 0. The van der Waals surface area contributed by atoms with Crippen LogP contribution in [0, 0.1) is 13.8 Å². The van der Waals surface area contributed by atoms with Crippen molar-refractivity contribution in [1.29, 1.82) is 0 Å². The maximum Gasteiger partial charge on any atom is -0.0207 e. The first-order valence-corrected chi connectivity index (χ1v) is 12.2. The lowest BCUT2D eigenvalue weighted by atomic mass is 9.99. The molecule has 2 aliphatic rings. The van der Waals surface area contributed by atoms with E-state index < -0.39 is 0 Å². The van der Waals surface area contributed by atoms with Crippen LogP contribution in [0.3, 0.4) is 0 Å². The van der Waals surface area contributed by atoms with E-state index in [0.29, 0.717) is 7.92 Å². The number of rotatable bonds is 6. The van der Waals surface area contributed by atoms with E-state index in [0.717, 1.165) is 11.3 Å². The van der Waals surface area contributed by atoms with Gasteiger partial charge in [-0.05, 0) is 75.4 Å². The van der Waals surface area contributed by atoms with Crippen LogP contribution in [0.2, 0.25) is 0 Å². The molecule has 0 N–H and O–H groups in total. The standard InChI is InChI=1S/C23H37P/c1-19-16-20(2)18-21(17-19)10-9-15-24(22-11-5-3-6-12-22)23-13-7-4-8-14-23/h16-18,22-23H,3-15H2,1-2H3. The zero-order valence-corrected chi connectivity index (χ0v) is 16.9. The summed E-state index contributed by atoms with van der Waals surface area (Å²) in [6, 6.07) is 7.13. The van der Waals surface area contributed by atoms with Gasteiger partial charge in [0.25, 0.3) is 0 Å². The summed E-state index contributed by atoms with van der Waals surface area (Å²) in [5.41, 5.74) is 6.69. The molecule has 3 rings (SSSR count). The van der Waals surface area contributed by atoms with Crippen molar-refractivity contribution in [2.24, 2.45) is 0 Å². The Hall–Kier alpha value is -0.350. The molecule has 0 atom stereocenters. The minimum Gasteiger partial charge on any atom is -0.100 e. The fraction of sp³-hybridized carbons (Fsp3) is 0.739. The Morgan fingerprint density at radius 2 is 1.25 bits per heavy atom. The average molecular weight is 345 g/mol. The monoisotopic (exact) mass is 344 g/mol. The quantitative estimate of drug-likeness (QED) is 0.472. The Labute approximate surface area is 151 Å². The van der Waals surface area contributed by atoms with Gasteiger partial charge < -0.3 is 0 Å². The van der Waals surface area contributed by atoms with E-state index >= 15 is 0 Å². The van der Waals surface area contributed by atoms with Crippen LogP contribution in [0.1, 0.15) is 87.3 Å².